The van der Waals surface area contributed by atoms with Crippen molar-refractivity contribution < 1.29 is 23.9 Å². The van der Waals surface area contributed by atoms with Crippen molar-refractivity contribution in [3.8, 4) is 11.5 Å². The first-order chi connectivity index (χ1) is 16.2. The molecule has 0 fully saturated rings. The van der Waals surface area contributed by atoms with Crippen LogP contribution in [0.15, 0.2) is 46.0 Å². The number of amides is 3. The van der Waals surface area contributed by atoms with Gasteiger partial charge in [0.2, 0.25) is 0 Å². The lowest BCUT2D eigenvalue weighted by molar-refractivity contribution is -0.139. The molecule has 2 rings (SSSR count). The lowest BCUT2D eigenvalue weighted by atomic mass is 10.2. The smallest absolute Gasteiger partial charge is 0.329 e. The summed E-state index contributed by atoms with van der Waals surface area (Å²) in [4.78, 5) is 35.9. The second-order valence-electron chi connectivity index (χ2n) is 7.42. The number of aryl methyl sites for hydroxylation is 1. The van der Waals surface area contributed by atoms with Crippen LogP contribution in [-0.2, 0) is 14.4 Å². The van der Waals surface area contributed by atoms with Gasteiger partial charge in [-0.15, -0.1) is 0 Å². The van der Waals surface area contributed by atoms with Gasteiger partial charge < -0.3 is 20.1 Å². The van der Waals surface area contributed by atoms with Crippen LogP contribution >= 0.6 is 15.9 Å². The molecule has 0 unspecified atom stereocenters. The van der Waals surface area contributed by atoms with Crippen LogP contribution in [-0.4, -0.2) is 43.2 Å². The van der Waals surface area contributed by atoms with E-state index in [1.807, 2.05) is 39.0 Å². The largest absolute Gasteiger partial charge is 0.490 e. The monoisotopic (exact) mass is 532 g/mol. The quantitative estimate of drug-likeness (QED) is 0.245. The Kier molecular flexibility index (Phi) is 10.5. The maximum absolute atomic E-state index is 12.3. The Morgan fingerprint density at radius 2 is 1.82 bits per heavy atom. The second-order valence-corrected chi connectivity index (χ2v) is 8.33. The second kappa shape index (κ2) is 13.3. The summed E-state index contributed by atoms with van der Waals surface area (Å²) in [7, 11) is 0. The summed E-state index contributed by atoms with van der Waals surface area (Å²) in [5, 5.41) is 9.19. The van der Waals surface area contributed by atoms with E-state index in [4.69, 9.17) is 9.47 Å². The highest BCUT2D eigenvalue weighted by atomic mass is 79.9. The van der Waals surface area contributed by atoms with Crippen molar-refractivity contribution in [1.82, 2.24) is 10.7 Å². The number of nitrogens with one attached hydrogen (secondary N) is 3. The van der Waals surface area contributed by atoms with E-state index in [2.05, 4.69) is 37.1 Å². The van der Waals surface area contributed by atoms with Gasteiger partial charge in [0.05, 0.1) is 12.8 Å². The van der Waals surface area contributed by atoms with E-state index in [9.17, 15) is 14.4 Å². The SMILES string of the molecule is CCOc1cc(/C=N\NC(=O)C(=O)N[C@H](C)CC)ccc1OCC(=O)Nc1ccc(Br)cc1C. The van der Waals surface area contributed by atoms with Crippen LogP contribution in [0, 0.1) is 6.92 Å². The molecule has 0 saturated carbocycles. The molecule has 0 aliphatic rings. The zero-order chi connectivity index (χ0) is 25.1. The van der Waals surface area contributed by atoms with Gasteiger partial charge in [-0.25, -0.2) is 5.43 Å². The lowest BCUT2D eigenvalue weighted by Gasteiger charge is -2.13. The zero-order valence-electron chi connectivity index (χ0n) is 19.6. The first kappa shape index (κ1) is 26.8. The van der Waals surface area contributed by atoms with E-state index in [-0.39, 0.29) is 18.6 Å². The molecule has 3 N–H and O–H groups in total. The van der Waals surface area contributed by atoms with Crippen LogP contribution in [0.4, 0.5) is 5.69 Å². The molecular weight excluding hydrogens is 504 g/mol. The van der Waals surface area contributed by atoms with Gasteiger partial charge in [-0.1, -0.05) is 22.9 Å². The van der Waals surface area contributed by atoms with Gasteiger partial charge >= 0.3 is 11.8 Å². The molecule has 0 bridgehead atoms. The third-order valence-electron chi connectivity index (χ3n) is 4.66. The molecule has 10 heteroatoms. The van der Waals surface area contributed by atoms with Gasteiger partial charge in [-0.05, 0) is 74.7 Å². The molecular formula is C24H29BrN4O5. The van der Waals surface area contributed by atoms with Crippen LogP contribution in [0.5, 0.6) is 11.5 Å². The number of nitrogens with zero attached hydrogens (tertiary/aromatic N) is 1. The Morgan fingerprint density at radius 3 is 2.50 bits per heavy atom. The van der Waals surface area contributed by atoms with Crippen molar-refractivity contribution in [2.75, 3.05) is 18.5 Å². The van der Waals surface area contributed by atoms with E-state index >= 15 is 0 Å². The first-order valence-corrected chi connectivity index (χ1v) is 11.6. The number of carbonyl (C=O) groups is 3. The van der Waals surface area contributed by atoms with Crippen molar-refractivity contribution >= 4 is 45.6 Å². The molecule has 0 spiro atoms. The minimum atomic E-state index is -0.853. The summed E-state index contributed by atoms with van der Waals surface area (Å²) in [6, 6.07) is 10.4. The number of hydrazone groups is 1. The predicted octanol–water partition coefficient (Wildman–Crippen LogP) is 3.54. The highest BCUT2D eigenvalue weighted by molar-refractivity contribution is 9.10. The predicted molar refractivity (Wildman–Crippen MR) is 134 cm³/mol. The summed E-state index contributed by atoms with van der Waals surface area (Å²) in [5.74, 6) is -1.11. The standard InChI is InChI=1S/C24H29BrN4O5/c1-5-16(4)27-23(31)24(32)29-26-13-17-7-10-20(21(12-17)33-6-2)34-14-22(30)28-19-9-8-18(25)11-15(19)3/h7-13,16H,5-6,14H2,1-4H3,(H,27,31)(H,28,30)(H,29,32)/b26-13-/t16-/m1/s1. The molecule has 2 aromatic carbocycles. The average Bonchev–Trinajstić information content (AvgIpc) is 2.80. The fourth-order valence-corrected chi connectivity index (χ4v) is 3.17. The summed E-state index contributed by atoms with van der Waals surface area (Å²) in [5.41, 5.74) is 4.42. The van der Waals surface area contributed by atoms with Gasteiger partial charge in [0.15, 0.2) is 18.1 Å². The molecule has 0 saturated heterocycles. The van der Waals surface area contributed by atoms with Crippen molar-refractivity contribution in [3.05, 3.63) is 52.0 Å². The van der Waals surface area contributed by atoms with Gasteiger partial charge in [0, 0.05) is 16.2 Å². The number of hydrogen-bond donors (Lipinski definition) is 3. The maximum atomic E-state index is 12.3. The van der Waals surface area contributed by atoms with Crippen LogP contribution < -0.4 is 25.5 Å². The summed E-state index contributed by atoms with van der Waals surface area (Å²) >= 11 is 3.39. The minimum Gasteiger partial charge on any atom is -0.490 e. The van der Waals surface area contributed by atoms with Gasteiger partial charge in [-0.2, -0.15) is 5.10 Å². The van der Waals surface area contributed by atoms with Gasteiger partial charge in [0.25, 0.3) is 5.91 Å². The third kappa shape index (κ3) is 8.51. The summed E-state index contributed by atoms with van der Waals surface area (Å²) in [6.07, 6.45) is 2.09. The highest BCUT2D eigenvalue weighted by Gasteiger charge is 2.14. The van der Waals surface area contributed by atoms with E-state index in [1.54, 1.807) is 25.1 Å². The van der Waals surface area contributed by atoms with Gasteiger partial charge in [-0.3, -0.25) is 14.4 Å². The number of rotatable bonds is 10. The van der Waals surface area contributed by atoms with Crippen LogP contribution in [0.1, 0.15) is 38.3 Å². The fraction of sp³-hybridized carbons (Fsp3) is 0.333. The Morgan fingerprint density at radius 1 is 1.06 bits per heavy atom. The lowest BCUT2D eigenvalue weighted by Crippen LogP contribution is -2.41. The van der Waals surface area contributed by atoms with E-state index < -0.39 is 11.8 Å². The van der Waals surface area contributed by atoms with Crippen molar-refractivity contribution in [1.29, 1.82) is 0 Å². The number of anilines is 1. The van der Waals surface area contributed by atoms with Gasteiger partial charge in [0.1, 0.15) is 0 Å². The van der Waals surface area contributed by atoms with Crippen LogP contribution in [0.2, 0.25) is 0 Å². The van der Waals surface area contributed by atoms with E-state index in [0.717, 1.165) is 10.0 Å². The number of carbonyl (C=O) groups excluding carboxylic acids is 3. The zero-order valence-corrected chi connectivity index (χ0v) is 21.2. The molecule has 34 heavy (non-hydrogen) atoms. The third-order valence-corrected chi connectivity index (χ3v) is 5.16. The molecule has 0 radical (unpaired) electrons. The van der Waals surface area contributed by atoms with Crippen molar-refractivity contribution in [2.45, 2.75) is 40.2 Å². The summed E-state index contributed by atoms with van der Waals surface area (Å²) in [6.45, 7) is 7.61. The normalized spacial score (nSPS) is 11.6. The molecule has 1 atom stereocenters. The fourth-order valence-electron chi connectivity index (χ4n) is 2.70. The van der Waals surface area contributed by atoms with E-state index in [1.165, 1.54) is 6.21 Å². The molecule has 182 valence electrons. The summed E-state index contributed by atoms with van der Waals surface area (Å²) < 4.78 is 12.2. The maximum Gasteiger partial charge on any atom is 0.329 e. The Balaban J connectivity index is 1.97. The molecule has 0 aromatic heterocycles. The highest BCUT2D eigenvalue weighted by Crippen LogP contribution is 2.28. The van der Waals surface area contributed by atoms with E-state index in [0.29, 0.717) is 35.8 Å². The Bertz CT molecular complexity index is 1060. The minimum absolute atomic E-state index is 0.107. The molecule has 0 aliphatic heterocycles. The molecule has 3 amide bonds. The topological polar surface area (TPSA) is 118 Å². The van der Waals surface area contributed by atoms with Crippen LogP contribution in [0.3, 0.4) is 0 Å². The first-order valence-electron chi connectivity index (χ1n) is 10.8. The number of hydrogen-bond acceptors (Lipinski definition) is 6. The Labute approximate surface area is 207 Å². The molecule has 0 aliphatic carbocycles. The average molecular weight is 533 g/mol. The molecule has 9 nitrogen and oxygen atoms in total. The molecule has 2 aromatic rings. The Hall–Kier alpha value is -3.40. The van der Waals surface area contributed by atoms with Crippen molar-refractivity contribution in [2.24, 2.45) is 5.10 Å². The van der Waals surface area contributed by atoms with Crippen molar-refractivity contribution in [3.63, 3.8) is 0 Å². The number of benzene rings is 2. The van der Waals surface area contributed by atoms with Crippen LogP contribution in [0.25, 0.3) is 0 Å². The molecule has 0 heterocycles. The number of halogens is 1. The number of ether oxygens (including phenoxy) is 2.